The number of rotatable bonds is 8. The first-order chi connectivity index (χ1) is 16.6. The monoisotopic (exact) mass is 605 g/mol. The molecule has 0 fully saturated rings. The lowest BCUT2D eigenvalue weighted by molar-refractivity contribution is -0.384. The number of ether oxygens (including phenoxy) is 1. The Labute approximate surface area is 214 Å². The number of nitrogens with one attached hydrogen (secondary N) is 1. The summed E-state index contributed by atoms with van der Waals surface area (Å²) in [6.45, 7) is 0. The van der Waals surface area contributed by atoms with Crippen molar-refractivity contribution in [2.75, 3.05) is 12.4 Å². The topological polar surface area (TPSA) is 149 Å². The number of carbonyl (C=O) groups is 1. The van der Waals surface area contributed by atoms with Crippen molar-refractivity contribution in [2.24, 2.45) is 0 Å². The molecule has 35 heavy (non-hydrogen) atoms. The number of hydrogen-bond donors (Lipinski definition) is 1. The van der Waals surface area contributed by atoms with Crippen molar-refractivity contribution >= 4 is 56.1 Å². The number of nitrogens with zero attached hydrogens (tertiary/aromatic N) is 2. The van der Waals surface area contributed by atoms with Gasteiger partial charge >= 0.3 is 10.1 Å². The van der Waals surface area contributed by atoms with E-state index in [-0.39, 0.29) is 27.7 Å². The Hall–Kier alpha value is -3.96. The van der Waals surface area contributed by atoms with E-state index < -0.39 is 20.9 Å². The third-order valence-corrected chi connectivity index (χ3v) is 6.53. The van der Waals surface area contributed by atoms with E-state index in [1.54, 1.807) is 30.3 Å². The van der Waals surface area contributed by atoms with Gasteiger partial charge in [-0.3, -0.25) is 14.9 Å². The van der Waals surface area contributed by atoms with Crippen LogP contribution in [-0.2, 0) is 14.9 Å². The highest BCUT2D eigenvalue weighted by Gasteiger charge is 2.23. The summed E-state index contributed by atoms with van der Waals surface area (Å²) >= 11 is 1.83. The van der Waals surface area contributed by atoms with E-state index in [4.69, 9.17) is 8.92 Å². The Balaban J connectivity index is 1.90. The summed E-state index contributed by atoms with van der Waals surface area (Å²) in [7, 11) is -3.04. The van der Waals surface area contributed by atoms with Crippen LogP contribution >= 0.6 is 22.6 Å². The Morgan fingerprint density at radius 2 is 1.80 bits per heavy atom. The average molecular weight is 605 g/mol. The maximum Gasteiger partial charge on any atom is 0.339 e. The zero-order chi connectivity index (χ0) is 25.6. The van der Waals surface area contributed by atoms with Crippen molar-refractivity contribution in [3.8, 4) is 17.6 Å². The molecule has 0 saturated heterocycles. The van der Waals surface area contributed by atoms with Gasteiger partial charge in [0.25, 0.3) is 11.6 Å². The van der Waals surface area contributed by atoms with Gasteiger partial charge < -0.3 is 14.2 Å². The lowest BCUT2D eigenvalue weighted by Gasteiger charge is -2.13. The molecule has 3 rings (SSSR count). The highest BCUT2D eigenvalue weighted by atomic mass is 127. The molecule has 0 aromatic heterocycles. The number of anilines is 1. The lowest BCUT2D eigenvalue weighted by Crippen LogP contribution is -2.13. The molecule has 0 spiro atoms. The summed E-state index contributed by atoms with van der Waals surface area (Å²) in [5, 5.41) is 22.9. The van der Waals surface area contributed by atoms with Crippen LogP contribution in [0.1, 0.15) is 5.56 Å². The van der Waals surface area contributed by atoms with Crippen LogP contribution < -0.4 is 14.2 Å². The number of hydrogen-bond acceptors (Lipinski definition) is 8. The van der Waals surface area contributed by atoms with E-state index in [1.807, 2.05) is 28.7 Å². The molecule has 0 aliphatic rings. The van der Waals surface area contributed by atoms with Gasteiger partial charge in [-0.15, -0.1) is 0 Å². The third-order valence-electron chi connectivity index (χ3n) is 4.49. The van der Waals surface area contributed by atoms with Crippen LogP contribution in [0.4, 0.5) is 11.4 Å². The summed E-state index contributed by atoms with van der Waals surface area (Å²) in [5.74, 6) is -0.695. The first-order valence-electron chi connectivity index (χ1n) is 9.69. The average Bonchev–Trinajstić information content (AvgIpc) is 2.84. The number of benzene rings is 3. The summed E-state index contributed by atoms with van der Waals surface area (Å²) in [6.07, 6.45) is 1.33. The number of methoxy groups -OCH3 is 1. The Kier molecular flexibility index (Phi) is 8.05. The van der Waals surface area contributed by atoms with Gasteiger partial charge in [0.05, 0.1) is 15.6 Å². The normalized spacial score (nSPS) is 11.3. The minimum absolute atomic E-state index is 0.0365. The van der Waals surface area contributed by atoms with Crippen molar-refractivity contribution < 1.29 is 27.1 Å². The quantitative estimate of drug-likeness (QED) is 0.0984. The summed E-state index contributed by atoms with van der Waals surface area (Å²) in [6, 6.07) is 17.6. The molecule has 1 N–H and O–H groups in total. The maximum atomic E-state index is 12.7. The minimum Gasteiger partial charge on any atom is -0.493 e. The molecule has 0 aliphatic heterocycles. The predicted octanol–water partition coefficient (Wildman–Crippen LogP) is 4.52. The molecule has 1 amide bonds. The largest absolute Gasteiger partial charge is 0.493 e. The molecular weight excluding hydrogens is 589 g/mol. The van der Waals surface area contributed by atoms with Gasteiger partial charge in [-0.2, -0.15) is 13.7 Å². The molecule has 0 unspecified atom stereocenters. The summed E-state index contributed by atoms with van der Waals surface area (Å²) in [4.78, 5) is 22.4. The highest BCUT2D eigenvalue weighted by Crippen LogP contribution is 2.36. The van der Waals surface area contributed by atoms with Crippen LogP contribution in [0.3, 0.4) is 0 Å². The first-order valence-corrected chi connectivity index (χ1v) is 12.2. The third kappa shape index (κ3) is 6.34. The maximum absolute atomic E-state index is 12.7. The molecular formula is C23H16IN3O7S. The molecule has 12 heteroatoms. The van der Waals surface area contributed by atoms with Crippen LogP contribution in [0.25, 0.3) is 6.08 Å². The number of nitriles is 1. The molecule has 3 aromatic carbocycles. The second-order valence-electron chi connectivity index (χ2n) is 6.81. The highest BCUT2D eigenvalue weighted by molar-refractivity contribution is 14.1. The van der Waals surface area contributed by atoms with Crippen molar-refractivity contribution in [3.05, 3.63) is 91.6 Å². The van der Waals surface area contributed by atoms with Gasteiger partial charge in [-0.05, 0) is 70.6 Å². The molecule has 3 aromatic rings. The number of carbonyl (C=O) groups excluding carboxylic acids is 1. The van der Waals surface area contributed by atoms with E-state index in [9.17, 15) is 28.6 Å². The van der Waals surface area contributed by atoms with Gasteiger partial charge in [0.2, 0.25) is 0 Å². The minimum atomic E-state index is -4.34. The molecule has 0 bridgehead atoms. The lowest BCUT2D eigenvalue weighted by atomic mass is 10.1. The van der Waals surface area contributed by atoms with Crippen molar-refractivity contribution in [2.45, 2.75) is 4.90 Å². The van der Waals surface area contributed by atoms with Gasteiger partial charge in [-0.25, -0.2) is 0 Å². The molecule has 0 atom stereocenters. The van der Waals surface area contributed by atoms with Crippen LogP contribution in [0.5, 0.6) is 11.5 Å². The van der Waals surface area contributed by atoms with Gasteiger partial charge in [0.1, 0.15) is 16.5 Å². The summed E-state index contributed by atoms with van der Waals surface area (Å²) in [5.41, 5.74) is 0.466. The zero-order valence-electron chi connectivity index (χ0n) is 18.0. The van der Waals surface area contributed by atoms with Gasteiger partial charge in [0, 0.05) is 17.8 Å². The van der Waals surface area contributed by atoms with Crippen molar-refractivity contribution in [1.82, 2.24) is 0 Å². The second-order valence-corrected chi connectivity index (χ2v) is 9.52. The van der Waals surface area contributed by atoms with Crippen LogP contribution in [0.15, 0.2) is 77.2 Å². The number of nitro groups is 1. The van der Waals surface area contributed by atoms with Crippen LogP contribution in [0.2, 0.25) is 0 Å². The predicted molar refractivity (Wildman–Crippen MR) is 135 cm³/mol. The Morgan fingerprint density at radius 1 is 1.14 bits per heavy atom. The van der Waals surface area contributed by atoms with E-state index in [0.717, 1.165) is 24.3 Å². The Bertz CT molecular complexity index is 1450. The fourth-order valence-electron chi connectivity index (χ4n) is 2.83. The van der Waals surface area contributed by atoms with Crippen molar-refractivity contribution in [3.63, 3.8) is 0 Å². The second kappa shape index (κ2) is 11.0. The number of para-hydroxylation sites is 1. The molecule has 0 radical (unpaired) electrons. The fraction of sp³-hybridized carbons (Fsp3) is 0.0435. The van der Waals surface area contributed by atoms with Gasteiger partial charge in [0.15, 0.2) is 11.5 Å². The van der Waals surface area contributed by atoms with E-state index >= 15 is 0 Å². The molecule has 10 nitrogen and oxygen atoms in total. The number of halogens is 1. The van der Waals surface area contributed by atoms with Crippen LogP contribution in [-0.4, -0.2) is 26.4 Å². The van der Waals surface area contributed by atoms with Gasteiger partial charge in [-0.1, -0.05) is 18.2 Å². The van der Waals surface area contributed by atoms with Crippen molar-refractivity contribution in [1.29, 1.82) is 5.26 Å². The fourth-order valence-corrected chi connectivity index (χ4v) is 4.67. The number of non-ortho nitro benzene ring substituents is 1. The van der Waals surface area contributed by atoms with Crippen LogP contribution in [0, 0.1) is 25.0 Å². The molecule has 0 aliphatic carbocycles. The summed E-state index contributed by atoms with van der Waals surface area (Å²) < 4.78 is 36.3. The molecule has 178 valence electrons. The standard InChI is InChI=1S/C23H16IN3O7S/c1-33-21-13-15(11-16(14-25)23(28)26-17-5-3-2-4-6-17)12-20(24)22(21)34-35(31,32)19-9-7-18(8-10-19)27(29)30/h2-13H,1H3,(H,26,28)/b16-11+. The first kappa shape index (κ1) is 25.7. The Morgan fingerprint density at radius 3 is 2.37 bits per heavy atom. The molecule has 0 heterocycles. The van der Waals surface area contributed by atoms with E-state index in [2.05, 4.69) is 5.32 Å². The molecule has 0 saturated carbocycles. The SMILES string of the molecule is COc1cc(/C=C(\C#N)C(=O)Nc2ccccc2)cc(I)c1OS(=O)(=O)c1ccc([N+](=O)[O-])cc1. The number of nitro benzene ring substituents is 1. The van der Waals surface area contributed by atoms with E-state index in [1.165, 1.54) is 25.3 Å². The van der Waals surface area contributed by atoms with E-state index in [0.29, 0.717) is 14.8 Å². The smallest absolute Gasteiger partial charge is 0.339 e. The zero-order valence-corrected chi connectivity index (χ0v) is 20.9. The number of amides is 1.